The van der Waals surface area contributed by atoms with Gasteiger partial charge in [0.15, 0.2) is 0 Å². The second kappa shape index (κ2) is 7.81. The molecule has 0 spiro atoms. The fraction of sp³-hybridized carbons (Fsp3) is 0.333. The first-order chi connectivity index (χ1) is 12.6. The van der Waals surface area contributed by atoms with Crippen LogP contribution in [0.2, 0.25) is 0 Å². The molecule has 1 N–H and O–H groups in total. The Kier molecular flexibility index (Phi) is 5.31. The highest BCUT2D eigenvalue weighted by Crippen LogP contribution is 2.17. The Morgan fingerprint density at radius 2 is 1.88 bits per heavy atom. The Labute approximate surface area is 151 Å². The number of hydrogen-bond donors (Lipinski definition) is 1. The van der Waals surface area contributed by atoms with Crippen LogP contribution in [0.25, 0.3) is 11.1 Å². The maximum Gasteiger partial charge on any atom is 0.324 e. The zero-order chi connectivity index (χ0) is 18.5. The van der Waals surface area contributed by atoms with Gasteiger partial charge in [-0.2, -0.15) is 5.10 Å². The van der Waals surface area contributed by atoms with E-state index >= 15 is 0 Å². The molecular formula is C18H21N5O3. The summed E-state index contributed by atoms with van der Waals surface area (Å²) in [5.41, 5.74) is 2.06. The van der Waals surface area contributed by atoms with E-state index in [9.17, 15) is 14.4 Å². The minimum atomic E-state index is -0.777. The maximum atomic E-state index is 12.2. The van der Waals surface area contributed by atoms with E-state index in [-0.39, 0.29) is 6.54 Å². The summed E-state index contributed by atoms with van der Waals surface area (Å²) in [7, 11) is 0. The Morgan fingerprint density at radius 3 is 2.62 bits per heavy atom. The molecular weight excluding hydrogens is 334 g/mol. The van der Waals surface area contributed by atoms with Gasteiger partial charge in [0.05, 0.1) is 12.7 Å². The van der Waals surface area contributed by atoms with Crippen LogP contribution in [-0.4, -0.2) is 63.6 Å². The van der Waals surface area contributed by atoms with Crippen molar-refractivity contribution in [3.8, 4) is 11.1 Å². The summed E-state index contributed by atoms with van der Waals surface area (Å²) in [6, 6.07) is 9.33. The van der Waals surface area contributed by atoms with Gasteiger partial charge in [-0.15, -0.1) is 0 Å². The highest BCUT2D eigenvalue weighted by atomic mass is 16.2. The maximum absolute atomic E-state index is 12.2. The van der Waals surface area contributed by atoms with Gasteiger partial charge in [-0.25, -0.2) is 4.79 Å². The van der Waals surface area contributed by atoms with E-state index in [0.29, 0.717) is 26.2 Å². The van der Waals surface area contributed by atoms with Crippen molar-refractivity contribution in [1.82, 2.24) is 24.9 Å². The first-order valence-corrected chi connectivity index (χ1v) is 8.56. The van der Waals surface area contributed by atoms with Crippen molar-refractivity contribution >= 4 is 17.8 Å². The molecule has 2 aromatic rings. The molecule has 0 unspecified atom stereocenters. The van der Waals surface area contributed by atoms with E-state index in [2.05, 4.69) is 10.4 Å². The van der Waals surface area contributed by atoms with Gasteiger partial charge in [0.25, 0.3) is 0 Å². The normalized spacial score (nSPS) is 14.7. The second-order valence-electron chi connectivity index (χ2n) is 5.93. The first kappa shape index (κ1) is 17.7. The molecule has 1 saturated heterocycles. The Morgan fingerprint density at radius 1 is 1.12 bits per heavy atom. The van der Waals surface area contributed by atoms with Crippen molar-refractivity contribution in [1.29, 1.82) is 0 Å². The molecule has 1 aromatic heterocycles. The summed E-state index contributed by atoms with van der Waals surface area (Å²) in [6.07, 6.45) is 3.67. The number of nitrogens with one attached hydrogen (secondary N) is 1. The third-order valence-corrected chi connectivity index (χ3v) is 4.29. The number of urea groups is 1. The standard InChI is InChI=1S/C18H21N5O3/c1-2-21-10-11-23(17(25)16(21)24)18(26)19-8-9-22-13-15(12-20-22)14-6-4-3-5-7-14/h3-7,12-13H,2,8-11H2,1H3,(H,19,26). The lowest BCUT2D eigenvalue weighted by molar-refractivity contribution is -0.153. The third-order valence-electron chi connectivity index (χ3n) is 4.29. The van der Waals surface area contributed by atoms with Crippen molar-refractivity contribution in [2.24, 2.45) is 0 Å². The van der Waals surface area contributed by atoms with Crippen LogP contribution in [-0.2, 0) is 16.1 Å². The fourth-order valence-corrected chi connectivity index (χ4v) is 2.81. The summed E-state index contributed by atoms with van der Waals surface area (Å²) in [4.78, 5) is 38.4. The zero-order valence-electron chi connectivity index (χ0n) is 14.6. The lowest BCUT2D eigenvalue weighted by Gasteiger charge is -2.31. The first-order valence-electron chi connectivity index (χ1n) is 8.56. The van der Waals surface area contributed by atoms with Gasteiger partial charge in [-0.3, -0.25) is 19.2 Å². The van der Waals surface area contributed by atoms with Crippen LogP contribution < -0.4 is 5.32 Å². The van der Waals surface area contributed by atoms with Crippen LogP contribution in [0.5, 0.6) is 0 Å². The van der Waals surface area contributed by atoms with Gasteiger partial charge in [-0.05, 0) is 12.5 Å². The molecule has 26 heavy (non-hydrogen) atoms. The predicted octanol–water partition coefficient (Wildman–Crippen LogP) is 0.950. The van der Waals surface area contributed by atoms with Crippen LogP contribution >= 0.6 is 0 Å². The molecule has 0 radical (unpaired) electrons. The number of nitrogens with zero attached hydrogens (tertiary/aromatic N) is 4. The van der Waals surface area contributed by atoms with Crippen LogP contribution in [0, 0.1) is 0 Å². The van der Waals surface area contributed by atoms with Gasteiger partial charge in [0, 0.05) is 37.9 Å². The number of rotatable bonds is 5. The zero-order valence-corrected chi connectivity index (χ0v) is 14.6. The highest BCUT2D eigenvalue weighted by Gasteiger charge is 2.35. The molecule has 3 rings (SSSR count). The van der Waals surface area contributed by atoms with E-state index in [1.54, 1.807) is 17.8 Å². The van der Waals surface area contributed by atoms with Crippen LogP contribution in [0.1, 0.15) is 6.92 Å². The summed E-state index contributed by atoms with van der Waals surface area (Å²) < 4.78 is 1.73. The topological polar surface area (TPSA) is 87.5 Å². The van der Waals surface area contributed by atoms with Crippen molar-refractivity contribution in [2.45, 2.75) is 13.5 Å². The van der Waals surface area contributed by atoms with Crippen LogP contribution in [0.15, 0.2) is 42.7 Å². The Hall–Kier alpha value is -3.16. The number of amides is 4. The molecule has 0 aliphatic carbocycles. The molecule has 2 heterocycles. The summed E-state index contributed by atoms with van der Waals surface area (Å²) in [6.45, 7) is 3.62. The molecule has 1 aromatic carbocycles. The average Bonchev–Trinajstić information content (AvgIpc) is 3.13. The number of imide groups is 1. The van der Waals surface area contributed by atoms with Crippen LogP contribution in [0.3, 0.4) is 0 Å². The lowest BCUT2D eigenvalue weighted by Crippen LogP contribution is -2.58. The average molecular weight is 355 g/mol. The number of benzene rings is 1. The molecule has 1 fully saturated rings. The SMILES string of the molecule is CCN1CCN(C(=O)NCCn2cc(-c3ccccc3)cn2)C(=O)C1=O. The molecule has 4 amide bonds. The smallest absolute Gasteiger partial charge is 0.324 e. The summed E-state index contributed by atoms with van der Waals surface area (Å²) in [5.74, 6) is -1.41. The highest BCUT2D eigenvalue weighted by molar-refractivity contribution is 6.38. The van der Waals surface area contributed by atoms with Crippen molar-refractivity contribution in [3.63, 3.8) is 0 Å². The Balaban J connectivity index is 1.51. The number of carbonyl (C=O) groups excluding carboxylic acids is 3. The van der Waals surface area contributed by atoms with Crippen LogP contribution in [0.4, 0.5) is 4.79 Å². The molecule has 136 valence electrons. The molecule has 0 saturated carbocycles. The molecule has 8 nitrogen and oxygen atoms in total. The summed E-state index contributed by atoms with van der Waals surface area (Å²) >= 11 is 0. The van der Waals surface area contributed by atoms with E-state index < -0.39 is 17.8 Å². The molecule has 1 aliphatic heterocycles. The van der Waals surface area contributed by atoms with E-state index in [4.69, 9.17) is 0 Å². The monoisotopic (exact) mass is 355 g/mol. The fourth-order valence-electron chi connectivity index (χ4n) is 2.81. The van der Waals surface area contributed by atoms with E-state index in [0.717, 1.165) is 16.0 Å². The second-order valence-corrected chi connectivity index (χ2v) is 5.93. The summed E-state index contributed by atoms with van der Waals surface area (Å²) in [5, 5.41) is 6.94. The number of piperazine rings is 1. The third kappa shape index (κ3) is 3.74. The van der Waals surface area contributed by atoms with Gasteiger partial charge >= 0.3 is 17.8 Å². The van der Waals surface area contributed by atoms with E-state index in [1.807, 2.05) is 36.5 Å². The van der Waals surface area contributed by atoms with Gasteiger partial charge < -0.3 is 10.2 Å². The van der Waals surface area contributed by atoms with Crippen molar-refractivity contribution < 1.29 is 14.4 Å². The van der Waals surface area contributed by atoms with Gasteiger partial charge in [0.1, 0.15) is 0 Å². The van der Waals surface area contributed by atoms with Gasteiger partial charge in [-0.1, -0.05) is 30.3 Å². The molecule has 0 atom stereocenters. The Bertz CT molecular complexity index is 802. The van der Waals surface area contributed by atoms with Crippen molar-refractivity contribution in [2.75, 3.05) is 26.2 Å². The largest absolute Gasteiger partial charge is 0.336 e. The number of aromatic nitrogens is 2. The molecule has 0 bridgehead atoms. The molecule has 1 aliphatic rings. The number of hydrogen-bond acceptors (Lipinski definition) is 4. The lowest BCUT2D eigenvalue weighted by atomic mass is 10.1. The molecule has 8 heteroatoms. The number of likely N-dealkylation sites (N-methyl/N-ethyl adjacent to an activating group) is 1. The van der Waals surface area contributed by atoms with Gasteiger partial charge in [0.2, 0.25) is 0 Å². The quantitative estimate of drug-likeness (QED) is 0.809. The van der Waals surface area contributed by atoms with E-state index in [1.165, 1.54) is 4.90 Å². The minimum absolute atomic E-state index is 0.212. The number of carbonyl (C=O) groups is 3. The minimum Gasteiger partial charge on any atom is -0.336 e. The van der Waals surface area contributed by atoms with Crippen molar-refractivity contribution in [3.05, 3.63) is 42.7 Å². The predicted molar refractivity (Wildman–Crippen MR) is 95.0 cm³/mol.